The lowest BCUT2D eigenvalue weighted by Gasteiger charge is -2.29. The third-order valence-electron chi connectivity index (χ3n) is 16.8. The van der Waals surface area contributed by atoms with E-state index in [1.54, 1.807) is 18.6 Å². The summed E-state index contributed by atoms with van der Waals surface area (Å²) in [6.07, 6.45) is 29.8. The van der Waals surface area contributed by atoms with E-state index in [0.29, 0.717) is 51.9 Å². The van der Waals surface area contributed by atoms with Gasteiger partial charge >= 0.3 is 11.9 Å². The average Bonchev–Trinajstić information content (AvgIpc) is 1.10. The number of hydrogen-bond donors (Lipinski definition) is 7. The van der Waals surface area contributed by atoms with Gasteiger partial charge < -0.3 is 31.2 Å². The molecule has 8 N–H and O–H groups in total. The highest BCUT2D eigenvalue weighted by atomic mass is 16.6. The van der Waals surface area contributed by atoms with Crippen LogP contribution in [0.2, 0.25) is 0 Å². The SMILES string of the molecule is CC(C)(C)OC(=O)CCCCC[C@H](NC1CCCc2cccnc21)C(=O)NCc1ccccn1.CC(C)(C)OC(=O)CCCCC[C@H](NC1CCCc2cccnc21)C(=O)NCc1ccccn1.NCCCC[C@H](NC1CCCc2cccnc21)C(=O)NCc1ccccn1. The maximum atomic E-state index is 13.1. The van der Waals surface area contributed by atoms with Gasteiger partial charge in [0.05, 0.1) is 90.0 Å². The molecule has 20 heteroatoms. The Bertz CT molecular complexity index is 3100. The maximum Gasteiger partial charge on any atom is 0.306 e. The molecule has 0 spiro atoms. The van der Waals surface area contributed by atoms with Crippen LogP contribution in [-0.2, 0) is 72.3 Å². The number of nitrogens with zero attached hydrogens (tertiary/aromatic N) is 6. The van der Waals surface area contributed by atoms with Crippen LogP contribution in [0.3, 0.4) is 0 Å². The number of unbranched alkanes of at least 4 members (excludes halogenated alkanes) is 5. The second-order valence-corrected chi connectivity index (χ2v) is 26.9. The normalized spacial score (nSPS) is 16.6. The summed E-state index contributed by atoms with van der Waals surface area (Å²) in [5, 5.41) is 19.9. The average molecular weight is 1300 g/mol. The van der Waals surface area contributed by atoms with Crippen LogP contribution >= 0.6 is 0 Å². The highest BCUT2D eigenvalue weighted by Crippen LogP contribution is 2.32. The highest BCUT2D eigenvalue weighted by molar-refractivity contribution is 5.82. The molecule has 0 aliphatic heterocycles. The molecule has 9 rings (SSSR count). The Kier molecular flexibility index (Phi) is 31.2. The molecule has 3 amide bonds. The van der Waals surface area contributed by atoms with Gasteiger partial charge in [0.15, 0.2) is 0 Å². The quantitative estimate of drug-likeness (QED) is 0.0157. The van der Waals surface area contributed by atoms with Gasteiger partial charge in [-0.2, -0.15) is 0 Å². The first-order valence-corrected chi connectivity index (χ1v) is 34.7. The zero-order valence-electron chi connectivity index (χ0n) is 57.1. The van der Waals surface area contributed by atoms with Gasteiger partial charge in [-0.3, -0.25) is 69.8 Å². The Morgan fingerprint density at radius 1 is 0.421 bits per heavy atom. The number of pyridine rings is 6. The monoisotopic (exact) mass is 1300 g/mol. The largest absolute Gasteiger partial charge is 0.460 e. The van der Waals surface area contributed by atoms with Gasteiger partial charge in [0.1, 0.15) is 11.2 Å². The first kappa shape index (κ1) is 74.5. The van der Waals surface area contributed by atoms with Crippen molar-refractivity contribution in [1.82, 2.24) is 61.8 Å². The van der Waals surface area contributed by atoms with Crippen LogP contribution in [0.1, 0.15) is 233 Å². The van der Waals surface area contributed by atoms with E-state index in [1.807, 2.05) is 133 Å². The van der Waals surface area contributed by atoms with E-state index < -0.39 is 11.2 Å². The molecule has 0 aromatic carbocycles. The Balaban J connectivity index is 0.000000203. The molecule has 3 aliphatic rings. The van der Waals surface area contributed by atoms with Crippen molar-refractivity contribution in [2.75, 3.05) is 6.54 Å². The minimum atomic E-state index is -0.456. The molecule has 6 aromatic heterocycles. The molecule has 512 valence electrons. The third kappa shape index (κ3) is 27.4. The minimum Gasteiger partial charge on any atom is -0.460 e. The molecular weight excluding hydrogens is 1190 g/mol. The lowest BCUT2D eigenvalue weighted by Crippen LogP contribution is -2.46. The third-order valence-corrected chi connectivity index (χ3v) is 16.8. The van der Waals surface area contributed by atoms with Gasteiger partial charge in [0.2, 0.25) is 17.7 Å². The van der Waals surface area contributed by atoms with Crippen LogP contribution in [0.5, 0.6) is 0 Å². The molecule has 95 heavy (non-hydrogen) atoms. The van der Waals surface area contributed by atoms with Crippen molar-refractivity contribution in [3.05, 3.63) is 179 Å². The Hall–Kier alpha value is -7.91. The number of ether oxygens (including phenoxy) is 2. The van der Waals surface area contributed by atoms with Crippen LogP contribution in [0.15, 0.2) is 128 Å². The predicted octanol–water partition coefficient (Wildman–Crippen LogP) is 11.1. The summed E-state index contributed by atoms with van der Waals surface area (Å²) in [7, 11) is 0. The molecule has 0 saturated carbocycles. The van der Waals surface area contributed by atoms with Crippen molar-refractivity contribution in [2.24, 2.45) is 5.73 Å². The second-order valence-electron chi connectivity index (χ2n) is 26.9. The zero-order valence-corrected chi connectivity index (χ0v) is 57.1. The van der Waals surface area contributed by atoms with Crippen molar-refractivity contribution < 1.29 is 33.4 Å². The van der Waals surface area contributed by atoms with E-state index in [9.17, 15) is 24.0 Å². The van der Waals surface area contributed by atoms with Gasteiger partial charge in [0.25, 0.3) is 0 Å². The summed E-state index contributed by atoms with van der Waals surface area (Å²) in [6, 6.07) is 28.8. The van der Waals surface area contributed by atoms with Crippen molar-refractivity contribution in [3.8, 4) is 0 Å². The van der Waals surface area contributed by atoms with Gasteiger partial charge in [-0.25, -0.2) is 0 Å². The number of amides is 3. The number of aryl methyl sites for hydroxylation is 3. The van der Waals surface area contributed by atoms with Gasteiger partial charge in [-0.1, -0.05) is 68.5 Å². The number of esters is 2. The summed E-state index contributed by atoms with van der Waals surface area (Å²) in [5.41, 5.74) is 14.2. The lowest BCUT2D eigenvalue weighted by molar-refractivity contribution is -0.156. The minimum absolute atomic E-state index is 0.0146. The number of aromatic nitrogens is 6. The number of rotatable bonds is 31. The molecule has 6 heterocycles. The van der Waals surface area contributed by atoms with Crippen LogP contribution in [0, 0.1) is 0 Å². The number of nitrogens with two attached hydrogens (primary N) is 1. The maximum absolute atomic E-state index is 13.1. The summed E-state index contributed by atoms with van der Waals surface area (Å²) in [4.78, 5) is 89.7. The lowest BCUT2D eigenvalue weighted by atomic mass is 9.91. The van der Waals surface area contributed by atoms with E-state index in [4.69, 9.17) is 15.2 Å². The van der Waals surface area contributed by atoms with E-state index >= 15 is 0 Å². The molecule has 20 nitrogen and oxygen atoms in total. The van der Waals surface area contributed by atoms with E-state index in [-0.39, 0.29) is 65.9 Å². The van der Waals surface area contributed by atoms with E-state index in [0.717, 1.165) is 150 Å². The van der Waals surface area contributed by atoms with Crippen molar-refractivity contribution in [3.63, 3.8) is 0 Å². The predicted molar refractivity (Wildman–Crippen MR) is 370 cm³/mol. The van der Waals surface area contributed by atoms with Crippen LogP contribution in [-0.4, -0.2) is 95.4 Å². The van der Waals surface area contributed by atoms with Gasteiger partial charge in [0, 0.05) is 50.0 Å². The fourth-order valence-corrected chi connectivity index (χ4v) is 12.2. The summed E-state index contributed by atoms with van der Waals surface area (Å²) >= 11 is 0. The standard InChI is InChI=1S/2C27H38N4O3.C21H29N5O/c2*1-27(2,3)34-24(32)16-6-4-5-14-23(26(33)30-19-21-13-7-8-17-28-21)31-22-15-9-11-20-12-10-18-29-25(20)22;22-12-3-1-10-19(21(27)25-15-17-9-2-4-13-23-17)26-18-11-5-7-16-8-6-14-24-20(16)18/h2*7-8,10,12-13,17-18,22-23,31H,4-6,9,11,14-16,19H2,1-3H3,(H,30,33);2,4,6,8-9,13-14,18-19,26H,1,3,5,7,10-12,15,22H2,(H,25,27)/t2*22?,23-;18?,19-/m000/s1. The summed E-state index contributed by atoms with van der Waals surface area (Å²) in [6.45, 7) is 13.2. The van der Waals surface area contributed by atoms with Gasteiger partial charge in [-0.05, 0) is 216 Å². The molecule has 3 aliphatic carbocycles. The topological polar surface area (TPSA) is 279 Å². The Labute approximate surface area is 563 Å². The molecular formula is C75H105N13O7. The second kappa shape index (κ2) is 39.8. The van der Waals surface area contributed by atoms with Crippen molar-refractivity contribution in [1.29, 1.82) is 0 Å². The number of fused-ring (bicyclic) bond motifs is 3. The molecule has 0 radical (unpaired) electrons. The van der Waals surface area contributed by atoms with Crippen LogP contribution < -0.4 is 37.6 Å². The van der Waals surface area contributed by atoms with E-state index in [2.05, 4.69) is 80.0 Å². The zero-order chi connectivity index (χ0) is 67.7. The smallest absolute Gasteiger partial charge is 0.306 e. The molecule has 0 saturated heterocycles. The first-order valence-electron chi connectivity index (χ1n) is 34.7. The number of hydrogen-bond acceptors (Lipinski definition) is 17. The Morgan fingerprint density at radius 2 is 0.737 bits per heavy atom. The van der Waals surface area contributed by atoms with Crippen molar-refractivity contribution >= 4 is 29.7 Å². The van der Waals surface area contributed by atoms with Crippen LogP contribution in [0.25, 0.3) is 0 Å². The fourth-order valence-electron chi connectivity index (χ4n) is 12.2. The molecule has 3 unspecified atom stereocenters. The Morgan fingerprint density at radius 3 is 1.03 bits per heavy atom. The van der Waals surface area contributed by atoms with Crippen LogP contribution in [0.4, 0.5) is 0 Å². The molecule has 0 bridgehead atoms. The fraction of sp³-hybridized carbons (Fsp3) is 0.533. The first-order chi connectivity index (χ1) is 45.9. The van der Waals surface area contributed by atoms with Crippen molar-refractivity contribution in [2.45, 2.75) is 250 Å². The summed E-state index contributed by atoms with van der Waals surface area (Å²) < 4.78 is 10.8. The van der Waals surface area contributed by atoms with E-state index in [1.165, 1.54) is 16.7 Å². The number of carbonyl (C=O) groups excluding carboxylic acids is 5. The molecule has 0 fully saturated rings. The molecule has 6 atom stereocenters. The number of nitrogens with one attached hydrogen (secondary N) is 6. The molecule has 6 aromatic rings. The highest BCUT2D eigenvalue weighted by Gasteiger charge is 2.31. The van der Waals surface area contributed by atoms with Gasteiger partial charge in [-0.15, -0.1) is 0 Å². The summed E-state index contributed by atoms with van der Waals surface area (Å²) in [5.74, 6) is -0.372. The number of carbonyl (C=O) groups is 5.